The minimum Gasteiger partial charge on any atom is -0.479 e. The SMILES string of the molecule is COc1ncc(C(=O)Nc2c(-c3cc(F)cnc3F)ccnc2C2CCC(F)(F)CC2)cc1F. The summed E-state index contributed by atoms with van der Waals surface area (Å²) in [5, 5.41) is 2.57. The standard InChI is InChI=1S/C23H19F5N4O2/c1-34-22-17(25)8-13(10-31-22)21(33)32-19-15(16-9-14(24)11-30-20(16)26)4-7-29-18(19)12-2-5-23(27,28)6-3-12/h4,7-12H,2-3,5-6H2,1H3,(H,32,33). The molecule has 1 saturated carbocycles. The Bertz CT molecular complexity index is 1230. The number of aromatic nitrogens is 3. The lowest BCUT2D eigenvalue weighted by Gasteiger charge is -2.29. The number of nitrogens with zero attached hydrogens (tertiary/aromatic N) is 3. The molecule has 0 spiro atoms. The molecule has 3 aromatic heterocycles. The first kappa shape index (κ1) is 23.5. The molecule has 1 amide bonds. The Hall–Kier alpha value is -3.63. The second kappa shape index (κ2) is 9.32. The van der Waals surface area contributed by atoms with Gasteiger partial charge in [0.25, 0.3) is 5.91 Å². The first-order valence-corrected chi connectivity index (χ1v) is 10.4. The minimum atomic E-state index is -2.80. The van der Waals surface area contributed by atoms with Gasteiger partial charge in [0.05, 0.1) is 30.3 Å². The Morgan fingerprint density at radius 1 is 1.06 bits per heavy atom. The number of rotatable bonds is 5. The molecule has 3 heterocycles. The van der Waals surface area contributed by atoms with Crippen LogP contribution in [0.15, 0.2) is 36.8 Å². The van der Waals surface area contributed by atoms with Crippen molar-refractivity contribution in [3.05, 3.63) is 65.6 Å². The number of ether oxygens (including phenoxy) is 1. The first-order valence-electron chi connectivity index (χ1n) is 10.4. The maximum absolute atomic E-state index is 14.5. The second-order valence-corrected chi connectivity index (χ2v) is 7.91. The van der Waals surface area contributed by atoms with Crippen molar-refractivity contribution in [3.8, 4) is 17.0 Å². The molecule has 0 saturated heterocycles. The fourth-order valence-corrected chi connectivity index (χ4v) is 3.95. The molecule has 0 aromatic carbocycles. The monoisotopic (exact) mass is 478 g/mol. The third-order valence-corrected chi connectivity index (χ3v) is 5.68. The van der Waals surface area contributed by atoms with Gasteiger partial charge in [0.15, 0.2) is 5.82 Å². The highest BCUT2D eigenvalue weighted by Crippen LogP contribution is 2.44. The highest BCUT2D eigenvalue weighted by Gasteiger charge is 2.37. The Morgan fingerprint density at radius 3 is 2.47 bits per heavy atom. The van der Waals surface area contributed by atoms with E-state index in [4.69, 9.17) is 4.74 Å². The lowest BCUT2D eigenvalue weighted by Crippen LogP contribution is -2.25. The summed E-state index contributed by atoms with van der Waals surface area (Å²) in [6.45, 7) is 0. The van der Waals surface area contributed by atoms with Crippen LogP contribution >= 0.6 is 0 Å². The molecule has 178 valence electrons. The van der Waals surface area contributed by atoms with E-state index in [2.05, 4.69) is 20.3 Å². The molecule has 0 aliphatic heterocycles. The Labute approximate surface area is 191 Å². The first-order chi connectivity index (χ1) is 16.2. The number of halogens is 5. The van der Waals surface area contributed by atoms with Gasteiger partial charge >= 0.3 is 0 Å². The third kappa shape index (κ3) is 4.82. The van der Waals surface area contributed by atoms with E-state index in [1.807, 2.05) is 0 Å². The lowest BCUT2D eigenvalue weighted by atomic mass is 9.83. The molecule has 1 aliphatic carbocycles. The van der Waals surface area contributed by atoms with E-state index in [9.17, 15) is 26.7 Å². The molecule has 11 heteroatoms. The number of pyridine rings is 3. The van der Waals surface area contributed by atoms with Gasteiger partial charge in [0, 0.05) is 42.3 Å². The maximum Gasteiger partial charge on any atom is 0.257 e. The van der Waals surface area contributed by atoms with Crippen LogP contribution in [0, 0.1) is 17.6 Å². The Kier molecular flexibility index (Phi) is 6.45. The van der Waals surface area contributed by atoms with Gasteiger partial charge in [-0.3, -0.25) is 9.78 Å². The van der Waals surface area contributed by atoms with Gasteiger partial charge in [-0.25, -0.2) is 27.5 Å². The summed E-state index contributed by atoms with van der Waals surface area (Å²) in [5.41, 5.74) is -0.120. The number of anilines is 1. The molecule has 1 fully saturated rings. The summed E-state index contributed by atoms with van der Waals surface area (Å²) >= 11 is 0. The number of alkyl halides is 2. The lowest BCUT2D eigenvalue weighted by molar-refractivity contribution is -0.0384. The topological polar surface area (TPSA) is 77.0 Å². The second-order valence-electron chi connectivity index (χ2n) is 7.91. The largest absolute Gasteiger partial charge is 0.479 e. The Morgan fingerprint density at radius 2 is 1.79 bits per heavy atom. The average Bonchev–Trinajstić information content (AvgIpc) is 2.81. The molecule has 34 heavy (non-hydrogen) atoms. The van der Waals surface area contributed by atoms with Gasteiger partial charge in [0.2, 0.25) is 17.8 Å². The van der Waals surface area contributed by atoms with Crippen molar-refractivity contribution in [2.24, 2.45) is 0 Å². The molecule has 3 aromatic rings. The predicted octanol–water partition coefficient (Wildman–Crippen LogP) is 5.51. The van der Waals surface area contributed by atoms with Crippen LogP contribution in [-0.4, -0.2) is 33.9 Å². The van der Waals surface area contributed by atoms with Crippen molar-refractivity contribution in [2.75, 3.05) is 12.4 Å². The number of carbonyl (C=O) groups is 1. The maximum atomic E-state index is 14.5. The van der Waals surface area contributed by atoms with Crippen LogP contribution in [0.5, 0.6) is 5.88 Å². The molecule has 1 aliphatic rings. The number of amides is 1. The normalized spacial score (nSPS) is 15.7. The molecule has 0 unspecified atom stereocenters. The summed E-state index contributed by atoms with van der Waals surface area (Å²) in [5.74, 6) is -7.08. The number of hydrogen-bond acceptors (Lipinski definition) is 5. The highest BCUT2D eigenvalue weighted by atomic mass is 19.3. The van der Waals surface area contributed by atoms with Crippen LogP contribution in [0.1, 0.15) is 47.7 Å². The summed E-state index contributed by atoms with van der Waals surface area (Å²) in [6, 6.07) is 3.16. The molecule has 0 bridgehead atoms. The minimum absolute atomic E-state index is 0.00485. The van der Waals surface area contributed by atoms with Gasteiger partial charge in [-0.15, -0.1) is 0 Å². The zero-order valence-electron chi connectivity index (χ0n) is 17.9. The average molecular weight is 478 g/mol. The van der Waals surface area contributed by atoms with Crippen LogP contribution < -0.4 is 10.1 Å². The molecular formula is C23H19F5N4O2. The highest BCUT2D eigenvalue weighted by molar-refractivity contribution is 6.06. The predicted molar refractivity (Wildman–Crippen MR) is 112 cm³/mol. The van der Waals surface area contributed by atoms with Crippen LogP contribution in [0.2, 0.25) is 0 Å². The van der Waals surface area contributed by atoms with Crippen LogP contribution in [0.3, 0.4) is 0 Å². The molecule has 0 radical (unpaired) electrons. The fraction of sp³-hybridized carbons (Fsp3) is 0.304. The van der Waals surface area contributed by atoms with Gasteiger partial charge in [-0.05, 0) is 31.0 Å². The van der Waals surface area contributed by atoms with Crippen molar-refractivity contribution < 1.29 is 31.5 Å². The van der Waals surface area contributed by atoms with E-state index in [0.717, 1.165) is 18.3 Å². The van der Waals surface area contributed by atoms with Crippen molar-refractivity contribution in [1.82, 2.24) is 15.0 Å². The van der Waals surface area contributed by atoms with Gasteiger partial charge in [0.1, 0.15) is 5.82 Å². The smallest absolute Gasteiger partial charge is 0.257 e. The van der Waals surface area contributed by atoms with Crippen molar-refractivity contribution in [3.63, 3.8) is 0 Å². The van der Waals surface area contributed by atoms with Crippen LogP contribution in [0.25, 0.3) is 11.1 Å². The van der Waals surface area contributed by atoms with Gasteiger partial charge in [-0.1, -0.05) is 0 Å². The number of hydrogen-bond donors (Lipinski definition) is 1. The number of methoxy groups -OCH3 is 1. The van der Waals surface area contributed by atoms with Crippen molar-refractivity contribution in [2.45, 2.75) is 37.5 Å². The zero-order valence-corrected chi connectivity index (χ0v) is 17.9. The van der Waals surface area contributed by atoms with Crippen LogP contribution in [-0.2, 0) is 0 Å². The van der Waals surface area contributed by atoms with Gasteiger partial charge in [-0.2, -0.15) is 4.39 Å². The molecule has 6 nitrogen and oxygen atoms in total. The van der Waals surface area contributed by atoms with E-state index in [1.54, 1.807) is 0 Å². The number of carbonyl (C=O) groups excluding carboxylic acids is 1. The molecule has 0 atom stereocenters. The molecule has 4 rings (SSSR count). The molecule has 1 N–H and O–H groups in total. The summed E-state index contributed by atoms with van der Waals surface area (Å²) < 4.78 is 74.7. The quantitative estimate of drug-likeness (QED) is 0.387. The van der Waals surface area contributed by atoms with E-state index >= 15 is 0 Å². The fourth-order valence-electron chi connectivity index (χ4n) is 3.95. The number of nitrogens with one attached hydrogen (secondary N) is 1. The third-order valence-electron chi connectivity index (χ3n) is 5.68. The van der Waals surface area contributed by atoms with E-state index in [-0.39, 0.29) is 59.6 Å². The van der Waals surface area contributed by atoms with Crippen LogP contribution in [0.4, 0.5) is 27.6 Å². The summed E-state index contributed by atoms with van der Waals surface area (Å²) in [6.07, 6.45) is 2.52. The zero-order chi connectivity index (χ0) is 24.5. The molecular weight excluding hydrogens is 459 g/mol. The van der Waals surface area contributed by atoms with Gasteiger partial charge < -0.3 is 10.1 Å². The summed E-state index contributed by atoms with van der Waals surface area (Å²) in [4.78, 5) is 24.3. The van der Waals surface area contributed by atoms with Crippen molar-refractivity contribution in [1.29, 1.82) is 0 Å². The van der Waals surface area contributed by atoms with E-state index in [1.165, 1.54) is 19.4 Å². The summed E-state index contributed by atoms with van der Waals surface area (Å²) in [7, 11) is 1.22. The Balaban J connectivity index is 1.78. The van der Waals surface area contributed by atoms with E-state index < -0.39 is 35.3 Å². The van der Waals surface area contributed by atoms with Crippen molar-refractivity contribution >= 4 is 11.6 Å². The van der Waals surface area contributed by atoms with E-state index in [0.29, 0.717) is 6.20 Å².